The van der Waals surface area contributed by atoms with E-state index in [1.807, 2.05) is 6.07 Å². The van der Waals surface area contributed by atoms with Crippen LogP contribution in [0.2, 0.25) is 0 Å². The molecule has 1 aromatic carbocycles. The third kappa shape index (κ3) is 1.64. The molecule has 0 fully saturated rings. The summed E-state index contributed by atoms with van der Waals surface area (Å²) in [6.07, 6.45) is 0. The summed E-state index contributed by atoms with van der Waals surface area (Å²) in [4.78, 5) is 11.6. The van der Waals surface area contributed by atoms with Gasteiger partial charge < -0.3 is 4.42 Å². The smallest absolute Gasteiger partial charge is 0.193 e. The molecule has 0 saturated carbocycles. The fourth-order valence-electron chi connectivity index (χ4n) is 1.30. The van der Waals surface area contributed by atoms with Crippen LogP contribution >= 0.6 is 31.9 Å². The van der Waals surface area contributed by atoms with E-state index in [0.717, 1.165) is 8.95 Å². The molecule has 0 amide bonds. The van der Waals surface area contributed by atoms with E-state index in [9.17, 15) is 4.79 Å². The highest BCUT2D eigenvalue weighted by molar-refractivity contribution is 9.11. The molecule has 1 heterocycles. The zero-order valence-corrected chi connectivity index (χ0v) is 10.5. The van der Waals surface area contributed by atoms with E-state index in [1.54, 1.807) is 13.0 Å². The lowest BCUT2D eigenvalue weighted by molar-refractivity contribution is 0.563. The molecule has 0 bridgehead atoms. The number of hydrogen-bond donors (Lipinski definition) is 0. The van der Waals surface area contributed by atoms with E-state index < -0.39 is 0 Å². The Morgan fingerprint density at radius 3 is 2.64 bits per heavy atom. The fourth-order valence-corrected chi connectivity index (χ4v) is 2.61. The Balaban J connectivity index is 3.02. The third-order valence-corrected chi connectivity index (χ3v) is 2.92. The molecule has 2 nitrogen and oxygen atoms in total. The van der Waals surface area contributed by atoms with Crippen LogP contribution in [0.3, 0.4) is 0 Å². The van der Waals surface area contributed by atoms with E-state index in [1.165, 1.54) is 6.07 Å². The first-order valence-electron chi connectivity index (χ1n) is 3.97. The van der Waals surface area contributed by atoms with Crippen LogP contribution in [0, 0.1) is 6.92 Å². The van der Waals surface area contributed by atoms with Crippen molar-refractivity contribution >= 4 is 42.8 Å². The number of benzene rings is 1. The van der Waals surface area contributed by atoms with Crippen LogP contribution in [0.1, 0.15) is 5.76 Å². The normalized spacial score (nSPS) is 10.8. The first kappa shape index (κ1) is 9.93. The average Bonchev–Trinajstić information content (AvgIpc) is 2.07. The maximum atomic E-state index is 11.6. The fraction of sp³-hybridized carbons (Fsp3) is 0.100. The van der Waals surface area contributed by atoms with Crippen LogP contribution in [-0.4, -0.2) is 0 Å². The minimum Gasteiger partial charge on any atom is -0.460 e. The van der Waals surface area contributed by atoms with Gasteiger partial charge in [-0.3, -0.25) is 4.79 Å². The molecule has 0 saturated heterocycles. The van der Waals surface area contributed by atoms with Crippen LogP contribution in [0.15, 0.2) is 36.4 Å². The molecule has 0 aliphatic heterocycles. The van der Waals surface area contributed by atoms with Gasteiger partial charge >= 0.3 is 0 Å². The highest BCUT2D eigenvalue weighted by atomic mass is 79.9. The van der Waals surface area contributed by atoms with Crippen LogP contribution in [-0.2, 0) is 0 Å². The summed E-state index contributed by atoms with van der Waals surface area (Å²) in [6.45, 7) is 1.76. The predicted octanol–water partition coefficient (Wildman–Crippen LogP) is 3.63. The minimum atomic E-state index is -0.0225. The molecule has 1 aromatic heterocycles. The zero-order chi connectivity index (χ0) is 10.3. The van der Waals surface area contributed by atoms with Gasteiger partial charge in [0.2, 0.25) is 0 Å². The third-order valence-electron chi connectivity index (χ3n) is 1.87. The number of aryl methyl sites for hydroxylation is 1. The number of fused-ring (bicyclic) bond motifs is 1. The number of rotatable bonds is 0. The highest BCUT2D eigenvalue weighted by Crippen LogP contribution is 2.27. The average molecular weight is 318 g/mol. The number of hydrogen-bond acceptors (Lipinski definition) is 2. The molecule has 72 valence electrons. The molecule has 0 N–H and O–H groups in total. The van der Waals surface area contributed by atoms with E-state index in [2.05, 4.69) is 31.9 Å². The van der Waals surface area contributed by atoms with Gasteiger partial charge in [-0.1, -0.05) is 15.9 Å². The molecular formula is C10H6Br2O2. The summed E-state index contributed by atoms with van der Waals surface area (Å²) < 4.78 is 7.10. The SMILES string of the molecule is Cc1cc(=O)c2cc(Br)cc(Br)c2o1. The van der Waals surface area contributed by atoms with Gasteiger partial charge in [-0.2, -0.15) is 0 Å². The molecule has 0 radical (unpaired) electrons. The van der Waals surface area contributed by atoms with Crippen molar-refractivity contribution in [2.45, 2.75) is 6.92 Å². The monoisotopic (exact) mass is 316 g/mol. The Morgan fingerprint density at radius 2 is 1.93 bits per heavy atom. The van der Waals surface area contributed by atoms with Crippen LogP contribution in [0.5, 0.6) is 0 Å². The van der Waals surface area contributed by atoms with Gasteiger partial charge in [0.1, 0.15) is 5.76 Å². The maximum Gasteiger partial charge on any atom is 0.193 e. The Hall–Kier alpha value is -0.610. The summed E-state index contributed by atoms with van der Waals surface area (Å²) in [7, 11) is 0. The second-order valence-corrected chi connectivity index (χ2v) is 4.76. The number of halogens is 2. The Labute approximate surface area is 97.2 Å². The molecule has 0 aliphatic rings. The molecule has 0 atom stereocenters. The minimum absolute atomic E-state index is 0.0225. The van der Waals surface area contributed by atoms with Gasteiger partial charge in [0.05, 0.1) is 9.86 Å². The molecule has 0 aliphatic carbocycles. The molecule has 2 aromatic rings. The van der Waals surface area contributed by atoms with Crippen molar-refractivity contribution in [3.8, 4) is 0 Å². The van der Waals surface area contributed by atoms with Crippen molar-refractivity contribution in [3.05, 3.63) is 43.1 Å². The van der Waals surface area contributed by atoms with Crippen LogP contribution in [0.25, 0.3) is 11.0 Å². The second-order valence-electron chi connectivity index (χ2n) is 2.99. The topological polar surface area (TPSA) is 30.2 Å². The summed E-state index contributed by atoms with van der Waals surface area (Å²) >= 11 is 6.68. The molecule has 4 heteroatoms. The van der Waals surface area contributed by atoms with Crippen molar-refractivity contribution in [2.24, 2.45) is 0 Å². The van der Waals surface area contributed by atoms with Gasteiger partial charge in [0, 0.05) is 10.5 Å². The van der Waals surface area contributed by atoms with Crippen molar-refractivity contribution in [3.63, 3.8) is 0 Å². The van der Waals surface area contributed by atoms with Gasteiger partial charge in [-0.25, -0.2) is 0 Å². The summed E-state index contributed by atoms with van der Waals surface area (Å²) in [5.41, 5.74) is 0.573. The summed E-state index contributed by atoms with van der Waals surface area (Å²) in [5, 5.41) is 0.580. The molecule has 0 unspecified atom stereocenters. The van der Waals surface area contributed by atoms with Gasteiger partial charge in [-0.15, -0.1) is 0 Å². The molecule has 14 heavy (non-hydrogen) atoms. The Kier molecular flexibility index (Phi) is 2.49. The quantitative estimate of drug-likeness (QED) is 0.742. The zero-order valence-electron chi connectivity index (χ0n) is 7.30. The van der Waals surface area contributed by atoms with E-state index >= 15 is 0 Å². The van der Waals surface area contributed by atoms with Crippen molar-refractivity contribution in [2.75, 3.05) is 0 Å². The summed E-state index contributed by atoms with van der Waals surface area (Å²) in [5.74, 6) is 0.616. The van der Waals surface area contributed by atoms with Crippen molar-refractivity contribution < 1.29 is 4.42 Å². The highest BCUT2D eigenvalue weighted by Gasteiger charge is 2.07. The van der Waals surface area contributed by atoms with E-state index in [4.69, 9.17) is 4.42 Å². The molecule has 0 spiro atoms. The Bertz CT molecular complexity index is 558. The molecular weight excluding hydrogens is 312 g/mol. The standard InChI is InChI=1S/C10H6Br2O2/c1-5-2-9(13)7-3-6(11)4-8(12)10(7)14-5/h2-4H,1H3. The largest absolute Gasteiger partial charge is 0.460 e. The lowest BCUT2D eigenvalue weighted by Gasteiger charge is -2.01. The first-order valence-corrected chi connectivity index (χ1v) is 5.56. The second kappa shape index (κ2) is 3.51. The van der Waals surface area contributed by atoms with E-state index in [-0.39, 0.29) is 5.43 Å². The summed E-state index contributed by atoms with van der Waals surface area (Å²) in [6, 6.07) is 5.09. The first-order chi connectivity index (χ1) is 6.58. The lowest BCUT2D eigenvalue weighted by atomic mass is 10.2. The van der Waals surface area contributed by atoms with Gasteiger partial charge in [-0.05, 0) is 35.0 Å². The van der Waals surface area contributed by atoms with Gasteiger partial charge in [0.25, 0.3) is 0 Å². The van der Waals surface area contributed by atoms with E-state index in [0.29, 0.717) is 16.7 Å². The van der Waals surface area contributed by atoms with Crippen molar-refractivity contribution in [1.29, 1.82) is 0 Å². The maximum absolute atomic E-state index is 11.6. The Morgan fingerprint density at radius 1 is 1.21 bits per heavy atom. The molecule has 2 rings (SSSR count). The van der Waals surface area contributed by atoms with Gasteiger partial charge in [0.15, 0.2) is 11.0 Å². The van der Waals surface area contributed by atoms with Crippen LogP contribution in [0.4, 0.5) is 0 Å². The van der Waals surface area contributed by atoms with Crippen molar-refractivity contribution in [1.82, 2.24) is 0 Å². The van der Waals surface area contributed by atoms with Crippen LogP contribution < -0.4 is 5.43 Å². The predicted molar refractivity (Wildman–Crippen MR) is 62.6 cm³/mol. The lowest BCUT2D eigenvalue weighted by Crippen LogP contribution is -2.00.